The summed E-state index contributed by atoms with van der Waals surface area (Å²) in [7, 11) is 0. The number of esters is 1. The van der Waals surface area contributed by atoms with Gasteiger partial charge in [-0.05, 0) is 24.9 Å². The van der Waals surface area contributed by atoms with Crippen molar-refractivity contribution in [2.45, 2.75) is 49.9 Å². The van der Waals surface area contributed by atoms with Crippen LogP contribution in [-0.4, -0.2) is 50.1 Å². The van der Waals surface area contributed by atoms with E-state index in [0.717, 1.165) is 36.2 Å². The molecule has 6 rings (SSSR count). The lowest BCUT2D eigenvalue weighted by molar-refractivity contribution is -0.148. The van der Waals surface area contributed by atoms with Crippen LogP contribution < -0.4 is 0 Å². The van der Waals surface area contributed by atoms with E-state index >= 15 is 0 Å². The zero-order chi connectivity index (χ0) is 18.7. The van der Waals surface area contributed by atoms with E-state index in [-0.39, 0.29) is 12.0 Å². The van der Waals surface area contributed by atoms with Crippen LogP contribution in [0.1, 0.15) is 36.9 Å². The molecule has 0 saturated carbocycles. The predicted molar refractivity (Wildman–Crippen MR) is 103 cm³/mol. The van der Waals surface area contributed by atoms with Crippen molar-refractivity contribution < 1.29 is 9.53 Å². The first-order valence-electron chi connectivity index (χ1n) is 10.1. The lowest BCUT2D eigenvalue weighted by Crippen LogP contribution is -2.48. The Bertz CT molecular complexity index is 1010. The third-order valence-corrected chi connectivity index (χ3v) is 6.67. The molecule has 3 unspecified atom stereocenters. The summed E-state index contributed by atoms with van der Waals surface area (Å²) in [5.41, 5.74) is 3.55. The van der Waals surface area contributed by atoms with Gasteiger partial charge in [0.25, 0.3) is 0 Å². The third-order valence-electron chi connectivity index (χ3n) is 6.67. The average molecular weight is 374 g/mol. The number of carbonyl (C=O) groups excluding carboxylic acids is 1. The van der Waals surface area contributed by atoms with Crippen LogP contribution in [0.3, 0.4) is 0 Å². The van der Waals surface area contributed by atoms with Crippen molar-refractivity contribution in [3.05, 3.63) is 65.5 Å². The molecule has 0 amide bonds. The molecule has 1 aliphatic carbocycles. The highest BCUT2D eigenvalue weighted by molar-refractivity contribution is 5.96. The van der Waals surface area contributed by atoms with Crippen molar-refractivity contribution in [1.29, 1.82) is 0 Å². The predicted octanol–water partition coefficient (Wildman–Crippen LogP) is 2.57. The summed E-state index contributed by atoms with van der Waals surface area (Å²) >= 11 is 0. The largest absolute Gasteiger partial charge is 0.449 e. The van der Waals surface area contributed by atoms with E-state index in [0.29, 0.717) is 12.6 Å². The molecule has 3 aliphatic heterocycles. The summed E-state index contributed by atoms with van der Waals surface area (Å²) in [6.45, 7) is 1.76. The molecule has 6 heteroatoms. The number of fused-ring (bicyclic) bond motifs is 3. The highest BCUT2D eigenvalue weighted by Crippen LogP contribution is 2.55. The quantitative estimate of drug-likeness (QED) is 0.773. The molecule has 2 fully saturated rings. The average Bonchev–Trinajstić information content (AvgIpc) is 3.38. The Morgan fingerprint density at radius 2 is 2.11 bits per heavy atom. The van der Waals surface area contributed by atoms with Gasteiger partial charge in [0.1, 0.15) is 5.69 Å². The van der Waals surface area contributed by atoms with Crippen LogP contribution in [0, 0.1) is 0 Å². The Morgan fingerprint density at radius 3 is 3.00 bits per heavy atom. The zero-order valence-corrected chi connectivity index (χ0v) is 15.6. The maximum absolute atomic E-state index is 12.3. The van der Waals surface area contributed by atoms with Crippen LogP contribution in [0.5, 0.6) is 0 Å². The van der Waals surface area contributed by atoms with Gasteiger partial charge in [0.15, 0.2) is 5.60 Å². The SMILES string of the molecule is O=C1C=C2C(c3cn(Cc4ccccc4)nn3)=CC3CC2(O1)C1CCCCN31. The smallest absolute Gasteiger partial charge is 0.332 e. The summed E-state index contributed by atoms with van der Waals surface area (Å²) in [6.07, 6.45) is 10.3. The van der Waals surface area contributed by atoms with Crippen molar-refractivity contribution in [1.82, 2.24) is 19.9 Å². The minimum absolute atomic E-state index is 0.217. The van der Waals surface area contributed by atoms with Gasteiger partial charge in [0.2, 0.25) is 0 Å². The van der Waals surface area contributed by atoms with Crippen LogP contribution in [0.4, 0.5) is 0 Å². The number of hydrogen-bond acceptors (Lipinski definition) is 5. The Balaban J connectivity index is 1.38. The van der Waals surface area contributed by atoms with Gasteiger partial charge in [-0.1, -0.05) is 48.0 Å². The molecule has 4 heterocycles. The molecule has 1 aromatic heterocycles. The second kappa shape index (κ2) is 5.88. The van der Waals surface area contributed by atoms with Gasteiger partial charge in [-0.15, -0.1) is 5.10 Å². The van der Waals surface area contributed by atoms with Crippen LogP contribution >= 0.6 is 0 Å². The maximum Gasteiger partial charge on any atom is 0.332 e. The van der Waals surface area contributed by atoms with Crippen LogP contribution in [0.15, 0.2) is 54.3 Å². The fraction of sp³-hybridized carbons (Fsp3) is 0.409. The molecule has 142 valence electrons. The number of nitrogens with zero attached hydrogens (tertiary/aromatic N) is 4. The van der Waals surface area contributed by atoms with Crippen LogP contribution in [0.25, 0.3) is 5.57 Å². The van der Waals surface area contributed by atoms with Gasteiger partial charge in [0, 0.05) is 29.7 Å². The van der Waals surface area contributed by atoms with E-state index in [9.17, 15) is 4.79 Å². The molecule has 2 aromatic rings. The lowest BCUT2D eigenvalue weighted by Gasteiger charge is -2.38. The number of aromatic nitrogens is 3. The first-order valence-corrected chi connectivity index (χ1v) is 10.1. The van der Waals surface area contributed by atoms with Crippen molar-refractivity contribution in [2.24, 2.45) is 0 Å². The molecule has 0 N–H and O–H groups in total. The number of ether oxygens (including phenoxy) is 1. The first-order chi connectivity index (χ1) is 13.7. The van der Waals surface area contributed by atoms with Gasteiger partial charge in [-0.3, -0.25) is 4.90 Å². The van der Waals surface area contributed by atoms with E-state index in [1.165, 1.54) is 18.4 Å². The Morgan fingerprint density at radius 1 is 1.21 bits per heavy atom. The molecular weight excluding hydrogens is 352 g/mol. The maximum atomic E-state index is 12.3. The Hall–Kier alpha value is -2.73. The summed E-state index contributed by atoms with van der Waals surface area (Å²) in [5, 5.41) is 8.79. The second-order valence-corrected chi connectivity index (χ2v) is 8.26. The molecule has 6 nitrogen and oxygen atoms in total. The molecule has 0 radical (unpaired) electrons. The molecule has 1 aromatic carbocycles. The van der Waals surface area contributed by atoms with Gasteiger partial charge in [-0.25, -0.2) is 9.48 Å². The first kappa shape index (κ1) is 16.2. The Kier molecular flexibility index (Phi) is 3.41. The summed E-state index contributed by atoms with van der Waals surface area (Å²) < 4.78 is 7.86. The van der Waals surface area contributed by atoms with Crippen LogP contribution in [-0.2, 0) is 16.1 Å². The molecule has 4 aliphatic rings. The van der Waals surface area contributed by atoms with Gasteiger partial charge in [0.05, 0.1) is 18.8 Å². The molecule has 28 heavy (non-hydrogen) atoms. The van der Waals surface area contributed by atoms with Crippen LogP contribution in [0.2, 0.25) is 0 Å². The van der Waals surface area contributed by atoms with Crippen molar-refractivity contribution in [3.8, 4) is 0 Å². The number of carbonyl (C=O) groups is 1. The van der Waals surface area contributed by atoms with Crippen molar-refractivity contribution >= 4 is 11.5 Å². The molecule has 1 spiro atoms. The van der Waals surface area contributed by atoms with Crippen molar-refractivity contribution in [2.75, 3.05) is 6.54 Å². The van der Waals surface area contributed by atoms with E-state index in [2.05, 4.69) is 33.4 Å². The fourth-order valence-corrected chi connectivity index (χ4v) is 5.55. The highest BCUT2D eigenvalue weighted by atomic mass is 16.6. The molecular formula is C22H22N4O2. The van der Waals surface area contributed by atoms with Gasteiger partial charge >= 0.3 is 5.97 Å². The topological polar surface area (TPSA) is 60.3 Å². The monoisotopic (exact) mass is 374 g/mol. The minimum Gasteiger partial charge on any atom is -0.449 e. The van der Waals surface area contributed by atoms with E-state index in [1.54, 1.807) is 6.08 Å². The van der Waals surface area contributed by atoms with E-state index in [4.69, 9.17) is 4.74 Å². The van der Waals surface area contributed by atoms with Gasteiger partial charge < -0.3 is 4.74 Å². The summed E-state index contributed by atoms with van der Waals surface area (Å²) in [5.74, 6) is -0.217. The van der Waals surface area contributed by atoms with E-state index in [1.807, 2.05) is 29.1 Å². The normalized spacial score (nSPS) is 31.1. The highest BCUT2D eigenvalue weighted by Gasteiger charge is 2.62. The van der Waals surface area contributed by atoms with Gasteiger partial charge in [-0.2, -0.15) is 0 Å². The Labute approximate surface area is 163 Å². The summed E-state index contributed by atoms with van der Waals surface area (Å²) in [6, 6.07) is 10.8. The third kappa shape index (κ3) is 2.27. The minimum atomic E-state index is -0.491. The number of piperidine rings is 1. The lowest BCUT2D eigenvalue weighted by atomic mass is 9.76. The number of rotatable bonds is 3. The summed E-state index contributed by atoms with van der Waals surface area (Å²) in [4.78, 5) is 14.8. The van der Waals surface area contributed by atoms with Crippen molar-refractivity contribution in [3.63, 3.8) is 0 Å². The van der Waals surface area contributed by atoms with E-state index < -0.39 is 5.60 Å². The fourth-order valence-electron chi connectivity index (χ4n) is 5.55. The zero-order valence-electron chi connectivity index (χ0n) is 15.6. The standard InChI is InChI=1S/C22H22N4O2/c27-21-11-18-17(19-14-25(24-23-19)13-15-6-2-1-3-7-15)10-16-12-22(18,28-21)20-8-4-5-9-26(16)20/h1-3,6-7,10-11,14,16,20H,4-5,8-9,12-13H2. The molecule has 2 bridgehead atoms. The molecule has 3 atom stereocenters. The second-order valence-electron chi connectivity index (χ2n) is 8.26. The number of benzene rings is 1. The molecule has 2 saturated heterocycles. The number of hydrogen-bond donors (Lipinski definition) is 0.